The lowest BCUT2D eigenvalue weighted by Gasteiger charge is -2.06. The van der Waals surface area contributed by atoms with Crippen LogP contribution in [0.4, 0.5) is 5.69 Å². The van der Waals surface area contributed by atoms with Gasteiger partial charge in [-0.15, -0.1) is 0 Å². The first-order valence-electron chi connectivity index (χ1n) is 5.10. The van der Waals surface area contributed by atoms with Gasteiger partial charge in [-0.25, -0.2) is 8.42 Å². The van der Waals surface area contributed by atoms with E-state index in [0.717, 1.165) is 5.52 Å². The molecule has 0 saturated carbocycles. The molecule has 18 heavy (non-hydrogen) atoms. The number of anilines is 1. The average molecular weight is 263 g/mol. The SMILES string of the molecule is O=S(=O)(Nc1cccc2[nH]ncc12)c1cn[nH]c1. The molecule has 0 saturated heterocycles. The monoisotopic (exact) mass is 263 g/mol. The van der Waals surface area contributed by atoms with Crippen molar-refractivity contribution in [2.45, 2.75) is 4.90 Å². The minimum Gasteiger partial charge on any atom is -0.284 e. The molecule has 0 fully saturated rings. The van der Waals surface area contributed by atoms with Gasteiger partial charge in [0.15, 0.2) is 0 Å². The van der Waals surface area contributed by atoms with Gasteiger partial charge in [0, 0.05) is 11.6 Å². The van der Waals surface area contributed by atoms with Crippen LogP contribution in [0, 0.1) is 0 Å². The highest BCUT2D eigenvalue weighted by Crippen LogP contribution is 2.23. The number of H-pyrrole nitrogens is 2. The van der Waals surface area contributed by atoms with Crippen LogP contribution < -0.4 is 4.72 Å². The lowest BCUT2D eigenvalue weighted by Crippen LogP contribution is -2.12. The summed E-state index contributed by atoms with van der Waals surface area (Å²) < 4.78 is 26.6. The van der Waals surface area contributed by atoms with Gasteiger partial charge < -0.3 is 0 Å². The topological polar surface area (TPSA) is 104 Å². The van der Waals surface area contributed by atoms with Gasteiger partial charge in [0.2, 0.25) is 0 Å². The van der Waals surface area contributed by atoms with Gasteiger partial charge in [-0.1, -0.05) is 6.07 Å². The van der Waals surface area contributed by atoms with Gasteiger partial charge in [-0.2, -0.15) is 10.2 Å². The molecule has 0 radical (unpaired) electrons. The van der Waals surface area contributed by atoms with E-state index in [1.807, 2.05) is 6.07 Å². The number of sulfonamides is 1. The van der Waals surface area contributed by atoms with Gasteiger partial charge in [0.1, 0.15) is 4.90 Å². The Labute approximate surface area is 102 Å². The van der Waals surface area contributed by atoms with Crippen LogP contribution in [-0.4, -0.2) is 28.8 Å². The van der Waals surface area contributed by atoms with Crippen LogP contribution in [0.3, 0.4) is 0 Å². The Hall–Kier alpha value is -2.35. The molecule has 0 bridgehead atoms. The lowest BCUT2D eigenvalue weighted by atomic mass is 10.2. The summed E-state index contributed by atoms with van der Waals surface area (Å²) in [7, 11) is -3.62. The van der Waals surface area contributed by atoms with E-state index in [2.05, 4.69) is 25.1 Å². The molecular formula is C10H9N5O2S. The molecule has 0 aliphatic carbocycles. The highest BCUT2D eigenvalue weighted by atomic mass is 32.2. The fourth-order valence-electron chi connectivity index (χ4n) is 1.65. The zero-order valence-corrected chi connectivity index (χ0v) is 9.90. The van der Waals surface area contributed by atoms with E-state index in [0.29, 0.717) is 11.1 Å². The van der Waals surface area contributed by atoms with Crippen molar-refractivity contribution < 1.29 is 8.42 Å². The number of aromatic nitrogens is 4. The number of hydrogen-bond acceptors (Lipinski definition) is 4. The quantitative estimate of drug-likeness (QED) is 0.658. The second-order valence-corrected chi connectivity index (χ2v) is 5.36. The van der Waals surface area contributed by atoms with Crippen molar-refractivity contribution in [3.63, 3.8) is 0 Å². The molecule has 7 nitrogen and oxygen atoms in total. The van der Waals surface area contributed by atoms with E-state index in [1.54, 1.807) is 18.3 Å². The fraction of sp³-hybridized carbons (Fsp3) is 0. The summed E-state index contributed by atoms with van der Waals surface area (Å²) in [6.45, 7) is 0. The van der Waals surface area contributed by atoms with Crippen LogP contribution in [0.1, 0.15) is 0 Å². The predicted octanol–water partition coefficient (Wildman–Crippen LogP) is 1.09. The van der Waals surface area contributed by atoms with Crippen molar-refractivity contribution in [2.24, 2.45) is 0 Å². The molecule has 0 aliphatic heterocycles. The summed E-state index contributed by atoms with van der Waals surface area (Å²) >= 11 is 0. The minimum atomic E-state index is -3.62. The molecule has 0 spiro atoms. The second kappa shape index (κ2) is 3.84. The maximum Gasteiger partial charge on any atom is 0.265 e. The van der Waals surface area contributed by atoms with E-state index in [-0.39, 0.29) is 4.90 Å². The molecule has 1 aromatic carbocycles. The molecule has 0 atom stereocenters. The molecule has 2 aromatic heterocycles. The number of benzene rings is 1. The largest absolute Gasteiger partial charge is 0.284 e. The molecule has 0 amide bonds. The van der Waals surface area contributed by atoms with Crippen molar-refractivity contribution >= 4 is 26.6 Å². The number of nitrogens with one attached hydrogen (secondary N) is 3. The van der Waals surface area contributed by atoms with Crippen molar-refractivity contribution in [3.05, 3.63) is 36.8 Å². The zero-order chi connectivity index (χ0) is 12.6. The molecule has 0 unspecified atom stereocenters. The number of hydrogen-bond donors (Lipinski definition) is 3. The second-order valence-electron chi connectivity index (χ2n) is 3.68. The molecular weight excluding hydrogens is 254 g/mol. The lowest BCUT2D eigenvalue weighted by molar-refractivity contribution is 0.601. The zero-order valence-electron chi connectivity index (χ0n) is 9.08. The highest BCUT2D eigenvalue weighted by molar-refractivity contribution is 7.92. The predicted molar refractivity (Wildman–Crippen MR) is 65.5 cm³/mol. The molecule has 2 heterocycles. The first-order chi connectivity index (χ1) is 8.67. The highest BCUT2D eigenvalue weighted by Gasteiger charge is 2.16. The van der Waals surface area contributed by atoms with E-state index >= 15 is 0 Å². The standard InChI is InChI=1S/C10H9N5O2S/c16-18(17,7-4-11-12-5-7)15-10-3-1-2-9-8(10)6-13-14-9/h1-6,15H,(H,11,12)(H,13,14). The average Bonchev–Trinajstić information content (AvgIpc) is 3.00. The number of aromatic amines is 2. The Bertz CT molecular complexity index is 776. The summed E-state index contributed by atoms with van der Waals surface area (Å²) in [5.41, 5.74) is 1.24. The van der Waals surface area contributed by atoms with Crippen LogP contribution in [0.15, 0.2) is 41.7 Å². The van der Waals surface area contributed by atoms with E-state index in [4.69, 9.17) is 0 Å². The molecule has 3 rings (SSSR count). The number of fused-ring (bicyclic) bond motifs is 1. The van der Waals surface area contributed by atoms with E-state index < -0.39 is 10.0 Å². The first kappa shape index (κ1) is 10.8. The summed E-state index contributed by atoms with van der Waals surface area (Å²) in [5, 5.41) is 13.5. The van der Waals surface area contributed by atoms with Crippen LogP contribution in [0.25, 0.3) is 10.9 Å². The molecule has 3 aromatic rings. The van der Waals surface area contributed by atoms with Crippen molar-refractivity contribution in [1.82, 2.24) is 20.4 Å². The van der Waals surface area contributed by atoms with Gasteiger partial charge in [0.25, 0.3) is 10.0 Å². The Morgan fingerprint density at radius 3 is 2.83 bits per heavy atom. The van der Waals surface area contributed by atoms with Crippen molar-refractivity contribution in [2.75, 3.05) is 4.72 Å². The smallest absolute Gasteiger partial charge is 0.265 e. The van der Waals surface area contributed by atoms with Gasteiger partial charge in [-0.05, 0) is 12.1 Å². The maximum absolute atomic E-state index is 12.0. The number of rotatable bonds is 3. The van der Waals surface area contributed by atoms with Crippen LogP contribution in [0.2, 0.25) is 0 Å². The van der Waals surface area contributed by atoms with Gasteiger partial charge in [-0.3, -0.25) is 14.9 Å². The van der Waals surface area contributed by atoms with E-state index in [9.17, 15) is 8.42 Å². The molecule has 0 aliphatic rings. The van der Waals surface area contributed by atoms with Crippen molar-refractivity contribution in [1.29, 1.82) is 0 Å². The normalized spacial score (nSPS) is 11.8. The Morgan fingerprint density at radius 1 is 1.17 bits per heavy atom. The van der Waals surface area contributed by atoms with Crippen LogP contribution >= 0.6 is 0 Å². The first-order valence-corrected chi connectivity index (χ1v) is 6.59. The molecule has 8 heteroatoms. The van der Waals surface area contributed by atoms with E-state index in [1.165, 1.54) is 12.4 Å². The van der Waals surface area contributed by atoms with Gasteiger partial charge >= 0.3 is 0 Å². The Balaban J connectivity index is 2.05. The fourth-order valence-corrected chi connectivity index (χ4v) is 2.63. The Morgan fingerprint density at radius 2 is 2.06 bits per heavy atom. The van der Waals surface area contributed by atoms with Crippen LogP contribution in [0.5, 0.6) is 0 Å². The summed E-state index contributed by atoms with van der Waals surface area (Å²) in [4.78, 5) is 0.0861. The third-order valence-electron chi connectivity index (χ3n) is 2.51. The molecule has 92 valence electrons. The summed E-state index contributed by atoms with van der Waals surface area (Å²) in [5.74, 6) is 0. The third kappa shape index (κ3) is 1.72. The van der Waals surface area contributed by atoms with Gasteiger partial charge in [0.05, 0.1) is 23.6 Å². The summed E-state index contributed by atoms with van der Waals surface area (Å²) in [6.07, 6.45) is 4.14. The van der Waals surface area contributed by atoms with Crippen molar-refractivity contribution in [3.8, 4) is 0 Å². The Kier molecular flexibility index (Phi) is 2.30. The molecule has 3 N–H and O–H groups in total. The minimum absolute atomic E-state index is 0.0861. The third-order valence-corrected chi connectivity index (χ3v) is 3.85. The summed E-state index contributed by atoms with van der Waals surface area (Å²) in [6, 6.07) is 5.24. The maximum atomic E-state index is 12.0. The number of nitrogens with zero attached hydrogens (tertiary/aromatic N) is 2. The van der Waals surface area contributed by atoms with Crippen LogP contribution in [-0.2, 0) is 10.0 Å².